The molecule has 1 aromatic carbocycles. The predicted molar refractivity (Wildman–Crippen MR) is 58.5 cm³/mol. The highest BCUT2D eigenvalue weighted by Crippen LogP contribution is 2.21. The van der Waals surface area contributed by atoms with Gasteiger partial charge < -0.3 is 10.4 Å². The van der Waals surface area contributed by atoms with Gasteiger partial charge in [0.1, 0.15) is 0 Å². The van der Waals surface area contributed by atoms with Crippen LogP contribution >= 0.6 is 15.9 Å². The zero-order valence-corrected chi connectivity index (χ0v) is 9.63. The molecule has 1 amide bonds. The van der Waals surface area contributed by atoms with Crippen LogP contribution in [0.25, 0.3) is 0 Å². The summed E-state index contributed by atoms with van der Waals surface area (Å²) in [6, 6.07) is 5.61. The molecular formula is C10H12BrNO2. The van der Waals surface area contributed by atoms with Crippen LogP contribution in [0.5, 0.6) is 0 Å². The van der Waals surface area contributed by atoms with Crippen molar-refractivity contribution in [1.82, 2.24) is 5.32 Å². The van der Waals surface area contributed by atoms with E-state index in [9.17, 15) is 4.79 Å². The van der Waals surface area contributed by atoms with E-state index in [0.717, 1.165) is 15.6 Å². The van der Waals surface area contributed by atoms with Crippen LogP contribution in [0.3, 0.4) is 0 Å². The summed E-state index contributed by atoms with van der Waals surface area (Å²) in [6.45, 7) is 3.78. The molecule has 0 aliphatic rings. The number of benzene rings is 1. The molecule has 1 unspecified atom stereocenters. The first-order chi connectivity index (χ1) is 6.50. The van der Waals surface area contributed by atoms with Crippen molar-refractivity contribution in [2.75, 3.05) is 0 Å². The van der Waals surface area contributed by atoms with E-state index in [0.29, 0.717) is 0 Å². The zero-order valence-electron chi connectivity index (χ0n) is 8.04. The van der Waals surface area contributed by atoms with Gasteiger partial charge in [-0.05, 0) is 37.1 Å². The second kappa shape index (κ2) is 4.46. The molecule has 0 aliphatic carbocycles. The lowest BCUT2D eigenvalue weighted by molar-refractivity contribution is 0.191. The molecule has 2 N–H and O–H groups in total. The van der Waals surface area contributed by atoms with E-state index in [-0.39, 0.29) is 6.04 Å². The Labute approximate surface area is 91.3 Å². The Morgan fingerprint density at radius 3 is 2.71 bits per heavy atom. The minimum Gasteiger partial charge on any atom is -0.465 e. The molecule has 0 fully saturated rings. The first-order valence-electron chi connectivity index (χ1n) is 4.26. The normalized spacial score (nSPS) is 12.2. The minimum atomic E-state index is -1.00. The monoisotopic (exact) mass is 257 g/mol. The second-order valence-corrected chi connectivity index (χ2v) is 4.09. The lowest BCUT2D eigenvalue weighted by atomic mass is 10.0. The van der Waals surface area contributed by atoms with Crippen LogP contribution in [-0.2, 0) is 0 Å². The SMILES string of the molecule is Cc1cc(Br)ccc1C(C)NC(=O)O. The molecule has 0 saturated heterocycles. The molecule has 14 heavy (non-hydrogen) atoms. The van der Waals surface area contributed by atoms with Crippen molar-refractivity contribution in [3.8, 4) is 0 Å². The summed E-state index contributed by atoms with van der Waals surface area (Å²) >= 11 is 3.36. The Bertz CT molecular complexity index is 352. The van der Waals surface area contributed by atoms with Crippen molar-refractivity contribution in [2.45, 2.75) is 19.9 Å². The average molecular weight is 258 g/mol. The van der Waals surface area contributed by atoms with Crippen LogP contribution in [0.15, 0.2) is 22.7 Å². The van der Waals surface area contributed by atoms with Gasteiger partial charge in [0.05, 0.1) is 6.04 Å². The van der Waals surface area contributed by atoms with Gasteiger partial charge in [0.2, 0.25) is 0 Å². The first-order valence-corrected chi connectivity index (χ1v) is 5.05. The van der Waals surface area contributed by atoms with E-state index < -0.39 is 6.09 Å². The lowest BCUT2D eigenvalue weighted by Crippen LogP contribution is -2.24. The molecule has 1 atom stereocenters. The molecule has 1 rings (SSSR count). The Balaban J connectivity index is 2.90. The van der Waals surface area contributed by atoms with Gasteiger partial charge in [-0.1, -0.05) is 22.0 Å². The van der Waals surface area contributed by atoms with Gasteiger partial charge in [-0.25, -0.2) is 4.79 Å². The number of carbonyl (C=O) groups is 1. The number of hydrogen-bond donors (Lipinski definition) is 2. The highest BCUT2D eigenvalue weighted by atomic mass is 79.9. The smallest absolute Gasteiger partial charge is 0.405 e. The molecular weight excluding hydrogens is 246 g/mol. The summed E-state index contributed by atoms with van der Waals surface area (Å²) in [5.74, 6) is 0. The zero-order chi connectivity index (χ0) is 10.7. The van der Waals surface area contributed by atoms with E-state index in [1.165, 1.54) is 0 Å². The fourth-order valence-corrected chi connectivity index (χ4v) is 1.86. The maximum Gasteiger partial charge on any atom is 0.405 e. The molecule has 3 nitrogen and oxygen atoms in total. The largest absolute Gasteiger partial charge is 0.465 e. The first kappa shape index (κ1) is 11.0. The number of nitrogens with one attached hydrogen (secondary N) is 1. The van der Waals surface area contributed by atoms with Crippen molar-refractivity contribution in [3.05, 3.63) is 33.8 Å². The highest BCUT2D eigenvalue weighted by molar-refractivity contribution is 9.10. The van der Waals surface area contributed by atoms with Crippen molar-refractivity contribution in [3.63, 3.8) is 0 Å². The molecule has 76 valence electrons. The van der Waals surface area contributed by atoms with Crippen LogP contribution in [0.2, 0.25) is 0 Å². The van der Waals surface area contributed by atoms with Crippen LogP contribution in [0, 0.1) is 6.92 Å². The number of aryl methyl sites for hydroxylation is 1. The van der Waals surface area contributed by atoms with E-state index in [1.807, 2.05) is 32.0 Å². The van der Waals surface area contributed by atoms with E-state index in [4.69, 9.17) is 5.11 Å². The van der Waals surface area contributed by atoms with Gasteiger partial charge in [0.25, 0.3) is 0 Å². The standard InChI is InChI=1S/C10H12BrNO2/c1-6-5-8(11)3-4-9(6)7(2)12-10(13)14/h3-5,7,12H,1-2H3,(H,13,14). The topological polar surface area (TPSA) is 49.3 Å². The molecule has 0 spiro atoms. The Kier molecular flexibility index (Phi) is 3.52. The van der Waals surface area contributed by atoms with E-state index >= 15 is 0 Å². The van der Waals surface area contributed by atoms with Crippen LogP contribution in [0.4, 0.5) is 4.79 Å². The van der Waals surface area contributed by atoms with Gasteiger partial charge in [-0.2, -0.15) is 0 Å². The van der Waals surface area contributed by atoms with Crippen LogP contribution in [-0.4, -0.2) is 11.2 Å². The number of halogens is 1. The van der Waals surface area contributed by atoms with Crippen molar-refractivity contribution < 1.29 is 9.90 Å². The van der Waals surface area contributed by atoms with Crippen LogP contribution < -0.4 is 5.32 Å². The number of amides is 1. The van der Waals surface area contributed by atoms with Gasteiger partial charge in [-0.15, -0.1) is 0 Å². The highest BCUT2D eigenvalue weighted by Gasteiger charge is 2.10. The van der Waals surface area contributed by atoms with Gasteiger partial charge in [0, 0.05) is 4.47 Å². The minimum absolute atomic E-state index is 0.180. The Morgan fingerprint density at radius 2 is 2.21 bits per heavy atom. The molecule has 0 bridgehead atoms. The van der Waals surface area contributed by atoms with Gasteiger partial charge in [-0.3, -0.25) is 0 Å². The van der Waals surface area contributed by atoms with Crippen molar-refractivity contribution >= 4 is 22.0 Å². The number of hydrogen-bond acceptors (Lipinski definition) is 1. The van der Waals surface area contributed by atoms with Crippen LogP contribution in [0.1, 0.15) is 24.1 Å². The fourth-order valence-electron chi connectivity index (χ4n) is 1.39. The molecule has 1 aromatic rings. The third-order valence-electron chi connectivity index (χ3n) is 2.04. The maximum absolute atomic E-state index is 10.4. The molecule has 4 heteroatoms. The van der Waals surface area contributed by atoms with Crippen molar-refractivity contribution in [2.24, 2.45) is 0 Å². The van der Waals surface area contributed by atoms with E-state index in [1.54, 1.807) is 0 Å². The molecule has 0 saturated carbocycles. The lowest BCUT2D eigenvalue weighted by Gasteiger charge is -2.14. The summed E-state index contributed by atoms with van der Waals surface area (Å²) < 4.78 is 1.00. The summed E-state index contributed by atoms with van der Waals surface area (Å²) in [6.07, 6.45) is -1.00. The summed E-state index contributed by atoms with van der Waals surface area (Å²) in [5.41, 5.74) is 2.07. The predicted octanol–water partition coefficient (Wildman–Crippen LogP) is 3.09. The molecule has 0 heterocycles. The quantitative estimate of drug-likeness (QED) is 0.856. The third kappa shape index (κ3) is 2.73. The van der Waals surface area contributed by atoms with Gasteiger partial charge >= 0.3 is 6.09 Å². The van der Waals surface area contributed by atoms with Crippen molar-refractivity contribution in [1.29, 1.82) is 0 Å². The fraction of sp³-hybridized carbons (Fsp3) is 0.300. The Morgan fingerprint density at radius 1 is 1.57 bits per heavy atom. The molecule has 0 aliphatic heterocycles. The third-order valence-corrected chi connectivity index (χ3v) is 2.53. The second-order valence-electron chi connectivity index (χ2n) is 3.17. The van der Waals surface area contributed by atoms with Gasteiger partial charge in [0.15, 0.2) is 0 Å². The summed E-state index contributed by atoms with van der Waals surface area (Å²) in [7, 11) is 0. The number of carboxylic acid groups (broad SMARTS) is 1. The molecule has 0 radical (unpaired) electrons. The maximum atomic E-state index is 10.4. The average Bonchev–Trinajstić information content (AvgIpc) is 2.01. The molecule has 0 aromatic heterocycles. The Hall–Kier alpha value is -1.03. The van der Waals surface area contributed by atoms with E-state index in [2.05, 4.69) is 21.2 Å². The number of rotatable bonds is 2. The summed E-state index contributed by atoms with van der Waals surface area (Å²) in [5, 5.41) is 11.0. The summed E-state index contributed by atoms with van der Waals surface area (Å²) in [4.78, 5) is 10.4.